The predicted octanol–water partition coefficient (Wildman–Crippen LogP) is 9.50. The maximum absolute atomic E-state index is 16.7. The van der Waals surface area contributed by atoms with E-state index in [1.165, 1.54) is 78.8 Å². The van der Waals surface area contributed by atoms with E-state index in [1.807, 2.05) is 25.7 Å². The van der Waals surface area contributed by atoms with E-state index >= 15 is 17.6 Å². The van der Waals surface area contributed by atoms with Gasteiger partial charge in [0.1, 0.15) is 40.0 Å². The predicted molar refractivity (Wildman–Crippen MR) is 304 cm³/mol. The smallest absolute Gasteiger partial charge is 0.251 e. The van der Waals surface area contributed by atoms with Crippen LogP contribution in [0.3, 0.4) is 0 Å². The molecule has 16 nitrogen and oxygen atoms in total. The van der Waals surface area contributed by atoms with E-state index in [9.17, 15) is 29.5 Å². The lowest BCUT2D eigenvalue weighted by Gasteiger charge is -2.37. The highest BCUT2D eigenvalue weighted by Gasteiger charge is 2.61. The van der Waals surface area contributed by atoms with Crippen LogP contribution in [0, 0.1) is 34.2 Å². The SMILES string of the molecule is C=CC(=O)N1CCN(c2nc(NCCC(=O)N(C)CCNC(=O)c3ccc(NC(=O)[C@@H]4N[C@@H](CC(C)(C)C)[C@](C#N)(c5ccc(Cl)cc5F)[C@H]4c4cccc(Cl)c4F)c(OC)c3)nc3c(F)c(C4=C(F)C=CC[C@H]4O)c(Cl)cc23)CC1. The van der Waals surface area contributed by atoms with Gasteiger partial charge in [0, 0.05) is 104 Å². The Kier molecular flexibility index (Phi) is 18.3. The van der Waals surface area contributed by atoms with Gasteiger partial charge < -0.3 is 45.8 Å². The number of allylic oxidation sites excluding steroid dienone is 2. The molecule has 5 atom stereocenters. The number of nitrogens with zero attached hydrogens (tertiary/aromatic N) is 6. The Labute approximate surface area is 480 Å². The van der Waals surface area contributed by atoms with Gasteiger partial charge in [-0.3, -0.25) is 19.2 Å². The fourth-order valence-corrected chi connectivity index (χ4v) is 11.3. The molecule has 0 saturated carbocycles. The van der Waals surface area contributed by atoms with Crippen molar-refractivity contribution in [3.8, 4) is 11.8 Å². The first-order valence-electron chi connectivity index (χ1n) is 25.9. The highest BCUT2D eigenvalue weighted by Crippen LogP contribution is 2.53. The van der Waals surface area contributed by atoms with Gasteiger partial charge in [0.2, 0.25) is 23.7 Å². The second-order valence-corrected chi connectivity index (χ2v) is 22.3. The van der Waals surface area contributed by atoms with Crippen LogP contribution in [-0.2, 0) is 19.8 Å². The molecule has 0 spiro atoms. The molecular formula is C58H59Cl3F4N10O6. The quantitative estimate of drug-likeness (QED) is 0.0436. The number of carbonyl (C=O) groups excluding carboxylic acids is 4. The number of carbonyl (C=O) groups is 4. The molecular weight excluding hydrogens is 1120 g/mol. The van der Waals surface area contributed by atoms with Crippen LogP contribution >= 0.6 is 34.8 Å². The molecule has 1 aliphatic carbocycles. The van der Waals surface area contributed by atoms with Crippen molar-refractivity contribution in [1.29, 1.82) is 5.26 Å². The summed E-state index contributed by atoms with van der Waals surface area (Å²) in [5.41, 5.74) is -3.12. The Morgan fingerprint density at radius 3 is 2.40 bits per heavy atom. The van der Waals surface area contributed by atoms with E-state index in [4.69, 9.17) is 39.5 Å². The maximum Gasteiger partial charge on any atom is 0.251 e. The number of piperazine rings is 1. The second kappa shape index (κ2) is 24.8. The summed E-state index contributed by atoms with van der Waals surface area (Å²) in [5, 5.41) is 33.6. The van der Waals surface area contributed by atoms with Crippen LogP contribution in [0.15, 0.2) is 91.3 Å². The minimum absolute atomic E-state index is 0.0112. The molecule has 8 rings (SSSR count). The normalized spacial score (nSPS) is 20.0. The molecule has 5 N–H and O–H groups in total. The number of rotatable bonds is 17. The minimum atomic E-state index is -1.87. The number of fused-ring (bicyclic) bond motifs is 1. The number of aliphatic hydroxyl groups excluding tert-OH is 1. The Morgan fingerprint density at radius 1 is 0.988 bits per heavy atom. The molecule has 23 heteroatoms. The van der Waals surface area contributed by atoms with Crippen LogP contribution in [0.1, 0.15) is 73.0 Å². The highest BCUT2D eigenvalue weighted by molar-refractivity contribution is 6.33. The molecule has 0 radical (unpaired) electrons. The Bertz CT molecular complexity index is 3420. The molecule has 0 unspecified atom stereocenters. The average molecular weight is 1170 g/mol. The molecule has 2 aliphatic heterocycles. The number of anilines is 3. The zero-order valence-electron chi connectivity index (χ0n) is 44.9. The average Bonchev–Trinajstić information content (AvgIpc) is 4.02. The van der Waals surface area contributed by atoms with E-state index in [2.05, 4.69) is 43.9 Å². The number of nitriles is 1. The fourth-order valence-electron chi connectivity index (χ4n) is 10.7. The third-order valence-electron chi connectivity index (χ3n) is 14.6. The molecule has 3 aliphatic rings. The topological polar surface area (TPSA) is 205 Å². The number of amides is 4. The summed E-state index contributed by atoms with van der Waals surface area (Å²) in [6, 6.07) is 13.9. The maximum atomic E-state index is 16.7. The highest BCUT2D eigenvalue weighted by atomic mass is 35.5. The van der Waals surface area contributed by atoms with Crippen molar-refractivity contribution in [2.75, 3.05) is 75.5 Å². The lowest BCUT2D eigenvalue weighted by Crippen LogP contribution is -2.48. The lowest BCUT2D eigenvalue weighted by molar-refractivity contribution is -0.129. The van der Waals surface area contributed by atoms with Gasteiger partial charge in [-0.1, -0.05) is 86.4 Å². The summed E-state index contributed by atoms with van der Waals surface area (Å²) in [6.07, 6.45) is 2.62. The number of hydrogen-bond acceptors (Lipinski definition) is 12. The van der Waals surface area contributed by atoms with E-state index < -0.39 is 70.0 Å². The number of aliphatic hydroxyl groups is 1. The first kappa shape index (κ1) is 59.8. The number of methoxy groups -OCH3 is 1. The van der Waals surface area contributed by atoms with Gasteiger partial charge >= 0.3 is 0 Å². The molecule has 1 aromatic heterocycles. The van der Waals surface area contributed by atoms with Gasteiger partial charge in [-0.15, -0.1) is 0 Å². The monoisotopic (exact) mass is 1170 g/mol. The van der Waals surface area contributed by atoms with Crippen molar-refractivity contribution in [1.82, 2.24) is 30.4 Å². The van der Waals surface area contributed by atoms with Crippen LogP contribution < -0.4 is 30.9 Å². The van der Waals surface area contributed by atoms with Crippen molar-refractivity contribution in [2.24, 2.45) is 5.41 Å². The Balaban J connectivity index is 0.936. The standard InChI is InChI=1S/C58H59Cl3F4N10O6/c1-7-44(77)74-22-24-75(25-23-74)53-34-28-37(61)46(47-38(62)12-9-13-41(47)76)50(65)51(34)71-56(72-53)68-19-18-45(78)73(5)21-20-67-54(79)31-14-17-40(42(26-31)81-6)69-55(80)52-48(33-10-8-11-36(60)49(33)64)58(30-66,43(70-52)29-57(2,3)4)35-16-15-32(59)27-39(35)63/h7-12,14-17,26-28,41,43,48,52,70,76H,1,13,18-25,29H2,2-6H3,(H,67,79)(H,69,80)(H,68,71,72)/t41-,43+,48+,52-,58+/m1/s1. The number of aromatic nitrogens is 2. The van der Waals surface area contributed by atoms with Crippen molar-refractivity contribution in [3.05, 3.63) is 146 Å². The fraction of sp³-hybridized carbons (Fsp3) is 0.362. The van der Waals surface area contributed by atoms with E-state index in [1.54, 1.807) is 11.9 Å². The summed E-state index contributed by atoms with van der Waals surface area (Å²) < 4.78 is 69.8. The van der Waals surface area contributed by atoms with Gasteiger partial charge in [-0.25, -0.2) is 22.5 Å². The molecule has 3 heterocycles. The number of benzene rings is 4. The van der Waals surface area contributed by atoms with Crippen LogP contribution in [0.2, 0.25) is 15.1 Å². The van der Waals surface area contributed by atoms with Crippen molar-refractivity contribution >= 4 is 92.4 Å². The third kappa shape index (κ3) is 12.5. The molecule has 0 bridgehead atoms. The number of halogens is 7. The largest absolute Gasteiger partial charge is 0.495 e. The number of nitrogens with one attached hydrogen (secondary N) is 4. The van der Waals surface area contributed by atoms with E-state index in [0.717, 1.165) is 12.1 Å². The summed E-state index contributed by atoms with van der Waals surface area (Å²) in [7, 11) is 2.88. The van der Waals surface area contributed by atoms with Gasteiger partial charge in [-0.05, 0) is 78.4 Å². The second-order valence-electron chi connectivity index (χ2n) is 21.1. The molecule has 81 heavy (non-hydrogen) atoms. The summed E-state index contributed by atoms with van der Waals surface area (Å²) in [5.74, 6) is -6.40. The zero-order valence-corrected chi connectivity index (χ0v) is 47.2. The van der Waals surface area contributed by atoms with Crippen LogP contribution in [-0.4, -0.2) is 127 Å². The summed E-state index contributed by atoms with van der Waals surface area (Å²) >= 11 is 19.1. The molecule has 4 aromatic carbocycles. The van der Waals surface area contributed by atoms with Gasteiger partial charge in [0.25, 0.3) is 5.91 Å². The van der Waals surface area contributed by atoms with E-state index in [0.29, 0.717) is 26.2 Å². The van der Waals surface area contributed by atoms with E-state index in [-0.39, 0.29) is 128 Å². The van der Waals surface area contributed by atoms with Gasteiger partial charge in [0.15, 0.2) is 5.82 Å². The zero-order chi connectivity index (χ0) is 58.7. The van der Waals surface area contributed by atoms with Gasteiger partial charge in [-0.2, -0.15) is 10.2 Å². The number of ether oxygens (including phenoxy) is 1. The van der Waals surface area contributed by atoms with Crippen LogP contribution in [0.5, 0.6) is 5.75 Å². The Hall–Kier alpha value is -7.28. The molecule has 5 aromatic rings. The van der Waals surface area contributed by atoms with Crippen LogP contribution in [0.25, 0.3) is 16.5 Å². The number of hydrogen-bond donors (Lipinski definition) is 5. The van der Waals surface area contributed by atoms with Crippen molar-refractivity contribution in [3.63, 3.8) is 0 Å². The minimum Gasteiger partial charge on any atom is -0.495 e. The lowest BCUT2D eigenvalue weighted by atomic mass is 9.62. The summed E-state index contributed by atoms with van der Waals surface area (Å²) in [6.45, 7) is 10.7. The molecule has 4 amide bonds. The van der Waals surface area contributed by atoms with Crippen molar-refractivity contribution < 1.29 is 46.6 Å². The number of likely N-dealkylation sites (N-methyl/N-ethyl adjacent to an activating group) is 1. The van der Waals surface area contributed by atoms with Crippen molar-refractivity contribution in [2.45, 2.75) is 69.6 Å². The summed E-state index contributed by atoms with van der Waals surface area (Å²) in [4.78, 5) is 67.8. The molecule has 426 valence electrons. The first-order chi connectivity index (χ1) is 38.5. The Morgan fingerprint density at radius 2 is 1.73 bits per heavy atom. The first-order valence-corrected chi connectivity index (χ1v) is 27.1. The third-order valence-corrected chi connectivity index (χ3v) is 15.5. The van der Waals surface area contributed by atoms with Gasteiger partial charge in [0.05, 0.1) is 41.1 Å². The van der Waals surface area contributed by atoms with Crippen LogP contribution in [0.4, 0.5) is 35.0 Å². The molecule has 2 fully saturated rings. The molecule has 2 saturated heterocycles.